The van der Waals surface area contributed by atoms with Crippen LogP contribution in [0.25, 0.3) is 0 Å². The largest absolute Gasteiger partial charge is 0.458 e. The molecule has 0 aromatic heterocycles. The van der Waals surface area contributed by atoms with Crippen LogP contribution >= 0.6 is 0 Å². The Morgan fingerprint density at radius 2 is 2.26 bits per heavy atom. The Morgan fingerprint density at radius 3 is 2.89 bits per heavy atom. The molecule has 0 spiro atoms. The number of hydrogen-bond donors (Lipinski definition) is 5. The molecule has 1 aliphatic heterocycles. The normalized spacial score (nSPS) is 16.4. The highest BCUT2D eigenvalue weighted by Gasteiger charge is 2.34. The van der Waals surface area contributed by atoms with Crippen LogP contribution in [0.15, 0.2) is 47.0 Å². The number of hydrazine groups is 2. The molecule has 35 heavy (non-hydrogen) atoms. The molecule has 1 saturated heterocycles. The fourth-order valence-corrected chi connectivity index (χ4v) is 3.23. The van der Waals surface area contributed by atoms with E-state index in [0.717, 1.165) is 6.34 Å². The van der Waals surface area contributed by atoms with Crippen LogP contribution in [0.2, 0.25) is 0 Å². The number of benzene rings is 1. The molecule has 7 N–H and O–H groups in total. The number of rotatable bonds is 12. The second-order valence-electron chi connectivity index (χ2n) is 7.28. The highest BCUT2D eigenvalue weighted by molar-refractivity contribution is 5.92. The van der Waals surface area contributed by atoms with E-state index < -0.39 is 24.0 Å². The quantitative estimate of drug-likeness (QED) is 0.0551. The van der Waals surface area contributed by atoms with Crippen molar-refractivity contribution in [2.24, 2.45) is 16.6 Å². The van der Waals surface area contributed by atoms with Crippen LogP contribution in [-0.2, 0) is 14.3 Å². The minimum absolute atomic E-state index is 0.0421. The molecule has 2 rings (SSSR count). The van der Waals surface area contributed by atoms with Gasteiger partial charge in [0.15, 0.2) is 6.10 Å². The maximum Gasteiger partial charge on any atom is 0.414 e. The van der Waals surface area contributed by atoms with E-state index in [1.54, 1.807) is 25.2 Å². The Labute approximate surface area is 202 Å². The molecule has 0 aliphatic carbocycles. The number of halogens is 1. The minimum Gasteiger partial charge on any atom is -0.458 e. The second-order valence-corrected chi connectivity index (χ2v) is 7.28. The summed E-state index contributed by atoms with van der Waals surface area (Å²) in [6, 6.07) is 4.16. The third-order valence-electron chi connectivity index (χ3n) is 4.81. The van der Waals surface area contributed by atoms with Gasteiger partial charge in [-0.25, -0.2) is 14.0 Å². The first-order valence-electron chi connectivity index (χ1n) is 10.9. The van der Waals surface area contributed by atoms with Crippen LogP contribution in [-0.4, -0.2) is 56.7 Å². The average molecular weight is 491 g/mol. The molecule has 12 nitrogen and oxygen atoms in total. The number of aliphatic imine (C=N–C) groups is 1. The van der Waals surface area contributed by atoms with E-state index in [1.807, 2.05) is 6.92 Å². The van der Waals surface area contributed by atoms with Gasteiger partial charge in [-0.15, -0.1) is 0 Å². The summed E-state index contributed by atoms with van der Waals surface area (Å²) in [5.74, 6) is 3.95. The summed E-state index contributed by atoms with van der Waals surface area (Å²) < 4.78 is 25.4. The van der Waals surface area contributed by atoms with Crippen molar-refractivity contribution in [1.29, 1.82) is 5.41 Å². The molecule has 1 heterocycles. The predicted molar refractivity (Wildman–Crippen MR) is 131 cm³/mol. The fourth-order valence-electron chi connectivity index (χ4n) is 3.23. The Hall–Kier alpha value is -3.97. The number of allylic oxidation sites excluding steroid dienone is 2. The van der Waals surface area contributed by atoms with Gasteiger partial charge >= 0.3 is 12.1 Å². The fraction of sp³-hybridized carbons (Fsp3) is 0.364. The number of amides is 1. The van der Waals surface area contributed by atoms with E-state index in [1.165, 1.54) is 28.0 Å². The number of ether oxygens (including phenoxy) is 2. The minimum atomic E-state index is -0.694. The number of guanidine groups is 1. The Kier molecular flexibility index (Phi) is 10.7. The summed E-state index contributed by atoms with van der Waals surface area (Å²) >= 11 is 0. The van der Waals surface area contributed by atoms with Crippen molar-refractivity contribution < 1.29 is 23.5 Å². The molecule has 0 radical (unpaired) electrons. The molecule has 190 valence electrons. The highest BCUT2D eigenvalue weighted by atomic mass is 19.1. The summed E-state index contributed by atoms with van der Waals surface area (Å²) in [6.45, 7) is 4.00. The van der Waals surface area contributed by atoms with Crippen molar-refractivity contribution in [3.8, 4) is 0 Å². The number of carbonyl (C=O) groups is 2. The van der Waals surface area contributed by atoms with Crippen molar-refractivity contribution in [2.75, 3.05) is 36.0 Å². The summed E-state index contributed by atoms with van der Waals surface area (Å²) in [7, 11) is 0. The van der Waals surface area contributed by atoms with Crippen LogP contribution in [0.4, 0.5) is 20.6 Å². The van der Waals surface area contributed by atoms with Crippen molar-refractivity contribution >= 4 is 35.7 Å². The molecule has 0 bridgehead atoms. The summed E-state index contributed by atoms with van der Waals surface area (Å²) in [6.07, 6.45) is 5.39. The third kappa shape index (κ3) is 7.79. The van der Waals surface area contributed by atoms with E-state index in [4.69, 9.17) is 26.5 Å². The number of carbonyl (C=O) groups excluding carboxylic acids is 2. The first-order chi connectivity index (χ1) is 16.8. The molecular weight excluding hydrogens is 459 g/mol. The molecule has 1 unspecified atom stereocenters. The van der Waals surface area contributed by atoms with Gasteiger partial charge in [0.05, 0.1) is 36.4 Å². The van der Waals surface area contributed by atoms with Crippen LogP contribution < -0.4 is 32.3 Å². The van der Waals surface area contributed by atoms with Gasteiger partial charge in [-0.2, -0.15) is 5.53 Å². The number of esters is 1. The smallest absolute Gasteiger partial charge is 0.414 e. The standard InChI is InChI=1S/C22H31FN8O4/c1-3-5-15(6-4-2)20(32)34-13-17-12-31(22(33)35-17)16-7-8-19(18(23)11-16)30(14-24)10-9-27-21(25)28-29-26/h3,5-8,11,14,17,24,29H,4,9-10,12-13,26H2,1-2H3,(H3,25,27,28)/b5-3-,15-6+,24-14?. The Morgan fingerprint density at radius 1 is 1.49 bits per heavy atom. The number of cyclic esters (lactones) is 1. The van der Waals surface area contributed by atoms with E-state index in [0.29, 0.717) is 12.0 Å². The van der Waals surface area contributed by atoms with Crippen LogP contribution in [0.5, 0.6) is 0 Å². The van der Waals surface area contributed by atoms with Crippen LogP contribution in [0.3, 0.4) is 0 Å². The van der Waals surface area contributed by atoms with E-state index in [9.17, 15) is 14.0 Å². The molecule has 1 fully saturated rings. The lowest BCUT2D eigenvalue weighted by Gasteiger charge is -2.20. The van der Waals surface area contributed by atoms with Crippen molar-refractivity contribution in [3.05, 3.63) is 47.8 Å². The average Bonchev–Trinajstić information content (AvgIpc) is 3.21. The molecular formula is C22H31FN8O4. The van der Waals surface area contributed by atoms with Gasteiger partial charge in [-0.05, 0) is 31.5 Å². The van der Waals surface area contributed by atoms with E-state index in [2.05, 4.69) is 16.0 Å². The van der Waals surface area contributed by atoms with Gasteiger partial charge in [0.1, 0.15) is 12.4 Å². The lowest BCUT2D eigenvalue weighted by molar-refractivity contribution is -0.140. The van der Waals surface area contributed by atoms with E-state index >= 15 is 0 Å². The van der Waals surface area contributed by atoms with Gasteiger partial charge < -0.3 is 20.1 Å². The Balaban J connectivity index is 2.02. The topological polar surface area (TPSA) is 171 Å². The summed E-state index contributed by atoms with van der Waals surface area (Å²) in [5, 5.41) is 7.58. The number of nitrogens with two attached hydrogens (primary N) is 2. The summed E-state index contributed by atoms with van der Waals surface area (Å²) in [5.41, 5.74) is 10.9. The number of anilines is 2. The van der Waals surface area contributed by atoms with Gasteiger partial charge in [0, 0.05) is 6.54 Å². The zero-order chi connectivity index (χ0) is 25.8. The van der Waals surface area contributed by atoms with Crippen LogP contribution in [0.1, 0.15) is 20.3 Å². The van der Waals surface area contributed by atoms with Crippen molar-refractivity contribution in [2.45, 2.75) is 26.4 Å². The second kappa shape index (κ2) is 13.7. The first-order valence-corrected chi connectivity index (χ1v) is 10.9. The van der Waals surface area contributed by atoms with Crippen molar-refractivity contribution in [3.63, 3.8) is 0 Å². The molecule has 1 aromatic rings. The molecule has 13 heteroatoms. The molecule has 1 amide bonds. The number of hydrogen-bond acceptors (Lipinski definition) is 8. The summed E-state index contributed by atoms with van der Waals surface area (Å²) in [4.78, 5) is 31.1. The van der Waals surface area contributed by atoms with Crippen molar-refractivity contribution in [1.82, 2.24) is 11.0 Å². The maximum atomic E-state index is 14.9. The van der Waals surface area contributed by atoms with Gasteiger partial charge in [0.2, 0.25) is 5.96 Å². The Bertz CT molecular complexity index is 998. The molecule has 1 aromatic carbocycles. The first kappa shape index (κ1) is 27.3. The van der Waals surface area contributed by atoms with E-state index in [-0.39, 0.29) is 43.6 Å². The maximum absolute atomic E-state index is 14.9. The van der Waals surface area contributed by atoms with Gasteiger partial charge in [-0.1, -0.05) is 25.2 Å². The lowest BCUT2D eigenvalue weighted by atomic mass is 10.2. The van der Waals surface area contributed by atoms with Gasteiger partial charge in [0.25, 0.3) is 0 Å². The highest BCUT2D eigenvalue weighted by Crippen LogP contribution is 2.27. The predicted octanol–water partition coefficient (Wildman–Crippen LogP) is 1.30. The van der Waals surface area contributed by atoms with Gasteiger partial charge in [-0.3, -0.25) is 26.6 Å². The SMILES string of the molecule is C/C=C\C(=C/CC)C(=O)OCC1CN(c2ccc(N(C=N)CCN=C(N)NNN)c(F)c2)C(=O)O1. The lowest BCUT2D eigenvalue weighted by Crippen LogP contribution is -2.46. The zero-order valence-electron chi connectivity index (χ0n) is 19.7. The molecule has 1 atom stereocenters. The molecule has 1 aliphatic rings. The molecule has 0 saturated carbocycles. The van der Waals surface area contributed by atoms with Crippen LogP contribution in [0, 0.1) is 11.2 Å². The number of nitrogens with zero attached hydrogens (tertiary/aromatic N) is 3. The zero-order valence-corrected chi connectivity index (χ0v) is 19.7. The third-order valence-corrected chi connectivity index (χ3v) is 4.81. The monoisotopic (exact) mass is 490 g/mol. The number of nitrogens with one attached hydrogen (secondary N) is 3.